The first-order valence-electron chi connectivity index (χ1n) is 5.10. The lowest BCUT2D eigenvalue weighted by Crippen LogP contribution is -2.35. The van der Waals surface area contributed by atoms with Crippen molar-refractivity contribution in [3.8, 4) is 0 Å². The van der Waals surface area contributed by atoms with Crippen LogP contribution in [-0.4, -0.2) is 11.9 Å². The van der Waals surface area contributed by atoms with Gasteiger partial charge in [0.1, 0.15) is 0 Å². The lowest BCUT2D eigenvalue weighted by Gasteiger charge is -2.21. The molecule has 0 aliphatic carbocycles. The van der Waals surface area contributed by atoms with Crippen LogP contribution in [0.25, 0.3) is 0 Å². The Labute approximate surface area is 94.8 Å². The summed E-state index contributed by atoms with van der Waals surface area (Å²) in [5.41, 5.74) is 0.552. The Kier molecular flexibility index (Phi) is 4.05. The lowest BCUT2D eigenvalue weighted by atomic mass is 10.2. The Morgan fingerprint density at radius 1 is 1.19 bits per heavy atom. The van der Waals surface area contributed by atoms with Crippen LogP contribution in [0.15, 0.2) is 30.3 Å². The van der Waals surface area contributed by atoms with Crippen LogP contribution >= 0.6 is 0 Å². The number of amides is 1. The van der Waals surface area contributed by atoms with Gasteiger partial charge in [-0.1, -0.05) is 32.0 Å². The van der Waals surface area contributed by atoms with E-state index in [2.05, 4.69) is 0 Å². The summed E-state index contributed by atoms with van der Waals surface area (Å²) in [5.74, 6) is -1.00. The molecule has 0 saturated heterocycles. The van der Waals surface area contributed by atoms with E-state index in [0.717, 1.165) is 5.06 Å². The van der Waals surface area contributed by atoms with Crippen LogP contribution in [0.5, 0.6) is 0 Å². The second kappa shape index (κ2) is 5.30. The van der Waals surface area contributed by atoms with Gasteiger partial charge < -0.3 is 4.84 Å². The predicted molar refractivity (Wildman–Crippen MR) is 60.5 cm³/mol. The van der Waals surface area contributed by atoms with Crippen molar-refractivity contribution >= 4 is 17.6 Å². The maximum atomic E-state index is 11.8. The van der Waals surface area contributed by atoms with Crippen molar-refractivity contribution in [1.29, 1.82) is 0 Å². The zero-order chi connectivity index (χ0) is 12.1. The van der Waals surface area contributed by atoms with E-state index in [1.165, 1.54) is 6.92 Å². The molecule has 0 spiro atoms. The second-order valence-corrected chi connectivity index (χ2v) is 3.71. The molecule has 4 heteroatoms. The minimum Gasteiger partial charge on any atom is -0.333 e. The van der Waals surface area contributed by atoms with E-state index >= 15 is 0 Å². The van der Waals surface area contributed by atoms with Crippen molar-refractivity contribution in [3.05, 3.63) is 30.3 Å². The Balaban J connectivity index is 2.96. The first-order chi connectivity index (χ1) is 7.52. The Morgan fingerprint density at radius 2 is 1.75 bits per heavy atom. The molecule has 1 amide bonds. The molecule has 0 N–H and O–H groups in total. The number of nitrogens with zero attached hydrogens (tertiary/aromatic N) is 1. The molecule has 0 bridgehead atoms. The standard InChI is InChI=1S/C12H15NO3/c1-9(2)12(15)13(16-10(3)14)11-7-5-4-6-8-11/h4-9H,1-3H3. The topological polar surface area (TPSA) is 46.6 Å². The molecule has 1 aromatic carbocycles. The monoisotopic (exact) mass is 221 g/mol. The molecule has 16 heavy (non-hydrogen) atoms. The summed E-state index contributed by atoms with van der Waals surface area (Å²) in [7, 11) is 0. The number of hydrogen-bond acceptors (Lipinski definition) is 3. The number of carbonyl (C=O) groups is 2. The average molecular weight is 221 g/mol. The van der Waals surface area contributed by atoms with E-state index in [-0.39, 0.29) is 11.8 Å². The van der Waals surface area contributed by atoms with Crippen molar-refractivity contribution < 1.29 is 14.4 Å². The number of anilines is 1. The highest BCUT2D eigenvalue weighted by atomic mass is 16.7. The van der Waals surface area contributed by atoms with E-state index in [1.54, 1.807) is 38.1 Å². The number of para-hydroxylation sites is 1. The largest absolute Gasteiger partial charge is 0.333 e. The number of rotatable bonds is 2. The molecule has 0 aliphatic heterocycles. The van der Waals surface area contributed by atoms with Crippen LogP contribution in [0.3, 0.4) is 0 Å². The van der Waals surface area contributed by atoms with E-state index < -0.39 is 5.97 Å². The molecular formula is C12H15NO3. The van der Waals surface area contributed by atoms with Gasteiger partial charge in [-0.05, 0) is 12.1 Å². The molecule has 1 rings (SSSR count). The molecule has 4 nitrogen and oxygen atoms in total. The fourth-order valence-electron chi connectivity index (χ4n) is 1.15. The van der Waals surface area contributed by atoms with Crippen LogP contribution in [0.1, 0.15) is 20.8 Å². The highest BCUT2D eigenvalue weighted by molar-refractivity contribution is 5.94. The van der Waals surface area contributed by atoms with E-state index in [1.807, 2.05) is 6.07 Å². The van der Waals surface area contributed by atoms with Crippen molar-refractivity contribution in [3.63, 3.8) is 0 Å². The molecule has 0 aliphatic rings. The second-order valence-electron chi connectivity index (χ2n) is 3.71. The number of hydrogen-bond donors (Lipinski definition) is 0. The number of hydroxylamine groups is 1. The third kappa shape index (κ3) is 3.08. The molecule has 0 fully saturated rings. The lowest BCUT2D eigenvalue weighted by molar-refractivity contribution is -0.149. The van der Waals surface area contributed by atoms with E-state index in [4.69, 9.17) is 4.84 Å². The summed E-state index contributed by atoms with van der Waals surface area (Å²) < 4.78 is 0. The summed E-state index contributed by atoms with van der Waals surface area (Å²) in [6.45, 7) is 4.77. The zero-order valence-electron chi connectivity index (χ0n) is 9.64. The van der Waals surface area contributed by atoms with Gasteiger partial charge in [-0.25, -0.2) is 4.79 Å². The van der Waals surface area contributed by atoms with Gasteiger partial charge in [0.2, 0.25) is 0 Å². The number of benzene rings is 1. The quantitative estimate of drug-likeness (QED) is 0.719. The normalized spacial score (nSPS) is 10.0. The van der Waals surface area contributed by atoms with Gasteiger partial charge in [0.15, 0.2) is 0 Å². The fraction of sp³-hybridized carbons (Fsp3) is 0.333. The van der Waals surface area contributed by atoms with E-state index in [0.29, 0.717) is 5.69 Å². The van der Waals surface area contributed by atoms with Crippen LogP contribution in [0, 0.1) is 5.92 Å². The van der Waals surface area contributed by atoms with Crippen LogP contribution in [0.2, 0.25) is 0 Å². The first kappa shape index (κ1) is 12.2. The Morgan fingerprint density at radius 3 is 2.19 bits per heavy atom. The summed E-state index contributed by atoms with van der Waals surface area (Å²) in [5, 5.41) is 1.03. The van der Waals surface area contributed by atoms with Crippen LogP contribution in [-0.2, 0) is 14.4 Å². The maximum Gasteiger partial charge on any atom is 0.330 e. The van der Waals surface area contributed by atoms with Crippen LogP contribution < -0.4 is 5.06 Å². The molecule has 0 saturated carbocycles. The first-order valence-corrected chi connectivity index (χ1v) is 5.10. The van der Waals surface area contributed by atoms with Gasteiger partial charge in [0.25, 0.3) is 5.91 Å². The fourth-order valence-corrected chi connectivity index (χ4v) is 1.15. The molecule has 0 atom stereocenters. The highest BCUT2D eigenvalue weighted by Gasteiger charge is 2.21. The molecule has 0 radical (unpaired) electrons. The SMILES string of the molecule is CC(=O)ON(C(=O)C(C)C)c1ccccc1. The van der Waals surface area contributed by atoms with Gasteiger partial charge in [-0.15, -0.1) is 5.06 Å². The van der Waals surface area contributed by atoms with Crippen molar-refractivity contribution in [2.24, 2.45) is 5.92 Å². The summed E-state index contributed by atoms with van der Waals surface area (Å²) in [6, 6.07) is 8.81. The Bertz CT molecular complexity index is 373. The molecule has 0 unspecified atom stereocenters. The number of carbonyl (C=O) groups excluding carboxylic acids is 2. The van der Waals surface area contributed by atoms with Crippen molar-refractivity contribution in [1.82, 2.24) is 0 Å². The summed E-state index contributed by atoms with van der Waals surface area (Å²) >= 11 is 0. The third-order valence-corrected chi connectivity index (χ3v) is 1.90. The third-order valence-electron chi connectivity index (χ3n) is 1.90. The van der Waals surface area contributed by atoms with Crippen molar-refractivity contribution in [2.45, 2.75) is 20.8 Å². The minimum absolute atomic E-state index is 0.237. The maximum absolute atomic E-state index is 11.8. The average Bonchev–Trinajstić information content (AvgIpc) is 2.26. The van der Waals surface area contributed by atoms with E-state index in [9.17, 15) is 9.59 Å². The molecule has 0 heterocycles. The zero-order valence-corrected chi connectivity index (χ0v) is 9.64. The van der Waals surface area contributed by atoms with Gasteiger partial charge in [0, 0.05) is 12.8 Å². The molecule has 86 valence electrons. The smallest absolute Gasteiger partial charge is 0.330 e. The predicted octanol–water partition coefficient (Wildman–Crippen LogP) is 2.15. The highest BCUT2D eigenvalue weighted by Crippen LogP contribution is 2.16. The minimum atomic E-state index is -0.516. The molecular weight excluding hydrogens is 206 g/mol. The van der Waals surface area contributed by atoms with Gasteiger partial charge in [0.05, 0.1) is 5.69 Å². The Hall–Kier alpha value is -1.84. The van der Waals surface area contributed by atoms with Gasteiger partial charge >= 0.3 is 5.97 Å². The van der Waals surface area contributed by atoms with Crippen molar-refractivity contribution in [2.75, 3.05) is 5.06 Å². The van der Waals surface area contributed by atoms with Crippen LogP contribution in [0.4, 0.5) is 5.69 Å². The summed E-state index contributed by atoms with van der Waals surface area (Å²) in [6.07, 6.45) is 0. The molecule has 0 aromatic heterocycles. The van der Waals surface area contributed by atoms with Gasteiger partial charge in [-0.2, -0.15) is 0 Å². The van der Waals surface area contributed by atoms with Gasteiger partial charge in [-0.3, -0.25) is 4.79 Å². The molecule has 1 aromatic rings. The summed E-state index contributed by atoms with van der Waals surface area (Å²) in [4.78, 5) is 27.7.